The van der Waals surface area contributed by atoms with Gasteiger partial charge in [-0.15, -0.1) is 0 Å². The van der Waals surface area contributed by atoms with E-state index in [-0.39, 0.29) is 24.1 Å². The van der Waals surface area contributed by atoms with E-state index in [1.807, 2.05) is 31.2 Å². The van der Waals surface area contributed by atoms with Gasteiger partial charge in [0, 0.05) is 24.3 Å². The van der Waals surface area contributed by atoms with Crippen molar-refractivity contribution < 1.29 is 19.0 Å². The lowest BCUT2D eigenvalue weighted by atomic mass is 10.1. The number of para-hydroxylation sites is 1. The molecule has 1 atom stereocenters. The summed E-state index contributed by atoms with van der Waals surface area (Å²) in [4.78, 5) is 31.0. The fourth-order valence-corrected chi connectivity index (χ4v) is 4.16. The number of carbonyl (C=O) groups excluding carboxylic acids is 1. The van der Waals surface area contributed by atoms with Gasteiger partial charge in [0.15, 0.2) is 11.5 Å². The summed E-state index contributed by atoms with van der Waals surface area (Å²) in [6, 6.07) is 12.8. The lowest BCUT2D eigenvalue weighted by molar-refractivity contribution is 0.0506. The molecule has 3 aromatic rings. The Balaban J connectivity index is 1.68. The fraction of sp³-hybridized carbons (Fsp3) is 0.360. The van der Waals surface area contributed by atoms with E-state index >= 15 is 0 Å². The fourth-order valence-electron chi connectivity index (χ4n) is 4.16. The maximum absolute atomic E-state index is 13.5. The number of carbonyl (C=O) groups is 1. The summed E-state index contributed by atoms with van der Waals surface area (Å²) in [7, 11) is 3.09. The first-order chi connectivity index (χ1) is 15.5. The molecule has 7 heteroatoms. The second-order valence-corrected chi connectivity index (χ2v) is 8.05. The average molecular weight is 437 g/mol. The standard InChI is InChI=1S/C25H28N2O5/c1-16-6-4-7-17-12-19(24(28)26-23(16)17)14-27(15-20-8-5-11-32-20)25(29)18-9-10-21(30-2)22(13-18)31-3/h4,6-7,9-10,12-13,20H,5,8,11,14-15H2,1-3H3,(H,26,28). The second-order valence-electron chi connectivity index (χ2n) is 8.05. The summed E-state index contributed by atoms with van der Waals surface area (Å²) in [5.74, 6) is 0.843. The summed E-state index contributed by atoms with van der Waals surface area (Å²) >= 11 is 0. The molecule has 32 heavy (non-hydrogen) atoms. The monoisotopic (exact) mass is 436 g/mol. The van der Waals surface area contributed by atoms with Gasteiger partial charge in [-0.1, -0.05) is 18.2 Å². The Morgan fingerprint density at radius 1 is 1.16 bits per heavy atom. The second kappa shape index (κ2) is 9.44. The molecule has 0 radical (unpaired) electrons. The van der Waals surface area contributed by atoms with Crippen LogP contribution < -0.4 is 15.0 Å². The van der Waals surface area contributed by atoms with Crippen LogP contribution in [0.25, 0.3) is 10.9 Å². The zero-order valence-electron chi connectivity index (χ0n) is 18.6. The topological polar surface area (TPSA) is 80.9 Å². The minimum atomic E-state index is -0.191. The van der Waals surface area contributed by atoms with Crippen molar-refractivity contribution in [3.63, 3.8) is 0 Å². The Bertz CT molecular complexity index is 1180. The molecule has 168 valence electrons. The molecule has 1 aromatic heterocycles. The molecule has 2 heterocycles. The third-order valence-electron chi connectivity index (χ3n) is 5.89. The zero-order chi connectivity index (χ0) is 22.7. The lowest BCUT2D eigenvalue weighted by Gasteiger charge is -2.26. The Morgan fingerprint density at radius 2 is 1.97 bits per heavy atom. The molecule has 2 aromatic carbocycles. The van der Waals surface area contributed by atoms with Crippen LogP contribution in [-0.4, -0.2) is 49.3 Å². The maximum Gasteiger partial charge on any atom is 0.254 e. The van der Waals surface area contributed by atoms with Gasteiger partial charge in [0.1, 0.15) is 0 Å². The Labute approximate surface area is 186 Å². The predicted molar refractivity (Wildman–Crippen MR) is 123 cm³/mol. The smallest absolute Gasteiger partial charge is 0.254 e. The average Bonchev–Trinajstić information content (AvgIpc) is 3.32. The van der Waals surface area contributed by atoms with Crippen molar-refractivity contribution in [2.75, 3.05) is 27.4 Å². The molecule has 1 saturated heterocycles. The van der Waals surface area contributed by atoms with Gasteiger partial charge in [-0.25, -0.2) is 0 Å². The normalized spacial score (nSPS) is 15.7. The number of rotatable bonds is 7. The molecular formula is C25H28N2O5. The molecule has 1 N–H and O–H groups in total. The van der Waals surface area contributed by atoms with Crippen LogP contribution in [0.2, 0.25) is 0 Å². The van der Waals surface area contributed by atoms with Crippen molar-refractivity contribution in [2.24, 2.45) is 0 Å². The van der Waals surface area contributed by atoms with E-state index in [4.69, 9.17) is 14.2 Å². The van der Waals surface area contributed by atoms with E-state index in [0.717, 1.165) is 29.3 Å². The molecule has 0 aliphatic carbocycles. The molecular weight excluding hydrogens is 408 g/mol. The summed E-state index contributed by atoms with van der Waals surface area (Å²) in [6.07, 6.45) is 1.82. The van der Waals surface area contributed by atoms with Crippen LogP contribution in [0.3, 0.4) is 0 Å². The van der Waals surface area contributed by atoms with E-state index in [9.17, 15) is 9.59 Å². The number of methoxy groups -OCH3 is 2. The number of H-pyrrole nitrogens is 1. The van der Waals surface area contributed by atoms with E-state index in [1.54, 1.807) is 30.2 Å². The number of aromatic nitrogens is 1. The number of ether oxygens (including phenoxy) is 3. The number of nitrogens with zero attached hydrogens (tertiary/aromatic N) is 1. The maximum atomic E-state index is 13.5. The first-order valence-corrected chi connectivity index (χ1v) is 10.7. The Hall–Kier alpha value is -3.32. The highest BCUT2D eigenvalue weighted by molar-refractivity contribution is 5.95. The molecule has 1 amide bonds. The highest BCUT2D eigenvalue weighted by atomic mass is 16.5. The van der Waals surface area contributed by atoms with Gasteiger partial charge >= 0.3 is 0 Å². The van der Waals surface area contributed by atoms with Crippen molar-refractivity contribution in [3.8, 4) is 11.5 Å². The number of pyridine rings is 1. The predicted octanol–water partition coefficient (Wildman–Crippen LogP) is 3.68. The first-order valence-electron chi connectivity index (χ1n) is 10.7. The molecule has 4 rings (SSSR count). The van der Waals surface area contributed by atoms with Gasteiger partial charge in [-0.3, -0.25) is 9.59 Å². The SMILES string of the molecule is COc1ccc(C(=O)N(Cc2cc3cccc(C)c3[nH]c2=O)CC2CCCO2)cc1OC. The number of aryl methyl sites for hydroxylation is 1. The number of hydrogen-bond donors (Lipinski definition) is 1. The summed E-state index contributed by atoms with van der Waals surface area (Å²) < 4.78 is 16.4. The van der Waals surface area contributed by atoms with Crippen LogP contribution in [0.5, 0.6) is 11.5 Å². The van der Waals surface area contributed by atoms with Gasteiger partial charge in [0.25, 0.3) is 11.5 Å². The summed E-state index contributed by atoms with van der Waals surface area (Å²) in [5.41, 5.74) is 2.63. The number of nitrogens with one attached hydrogen (secondary N) is 1. The lowest BCUT2D eigenvalue weighted by Crippen LogP contribution is -2.38. The zero-order valence-corrected chi connectivity index (χ0v) is 18.6. The van der Waals surface area contributed by atoms with Gasteiger partial charge in [-0.2, -0.15) is 0 Å². The summed E-state index contributed by atoms with van der Waals surface area (Å²) in [5, 5.41) is 0.940. The van der Waals surface area contributed by atoms with Crippen molar-refractivity contribution in [1.29, 1.82) is 0 Å². The van der Waals surface area contributed by atoms with E-state index in [1.165, 1.54) is 7.11 Å². The van der Waals surface area contributed by atoms with Crippen LogP contribution in [0.4, 0.5) is 0 Å². The largest absolute Gasteiger partial charge is 0.493 e. The van der Waals surface area contributed by atoms with Crippen molar-refractivity contribution in [1.82, 2.24) is 9.88 Å². The van der Waals surface area contributed by atoms with Crippen LogP contribution in [0.15, 0.2) is 47.3 Å². The van der Waals surface area contributed by atoms with Crippen LogP contribution in [0, 0.1) is 6.92 Å². The van der Waals surface area contributed by atoms with Crippen LogP contribution >= 0.6 is 0 Å². The van der Waals surface area contributed by atoms with Crippen LogP contribution in [0.1, 0.15) is 34.3 Å². The molecule has 0 spiro atoms. The minimum absolute atomic E-state index is 0.0409. The molecule has 1 fully saturated rings. The quantitative estimate of drug-likeness (QED) is 0.611. The van der Waals surface area contributed by atoms with Gasteiger partial charge in [0.05, 0.1) is 32.4 Å². The molecule has 1 aliphatic rings. The van der Waals surface area contributed by atoms with Gasteiger partial charge in [0.2, 0.25) is 0 Å². The van der Waals surface area contributed by atoms with Crippen molar-refractivity contribution >= 4 is 16.8 Å². The molecule has 1 unspecified atom stereocenters. The molecule has 7 nitrogen and oxygen atoms in total. The Kier molecular flexibility index (Phi) is 6.46. The number of amides is 1. The van der Waals surface area contributed by atoms with E-state index < -0.39 is 0 Å². The summed E-state index contributed by atoms with van der Waals surface area (Å²) in [6.45, 7) is 3.26. The number of benzene rings is 2. The van der Waals surface area contributed by atoms with E-state index in [2.05, 4.69) is 4.98 Å². The molecule has 0 bridgehead atoms. The van der Waals surface area contributed by atoms with Crippen molar-refractivity contribution in [3.05, 3.63) is 69.5 Å². The number of fused-ring (bicyclic) bond motifs is 1. The van der Waals surface area contributed by atoms with E-state index in [0.29, 0.717) is 35.8 Å². The van der Waals surface area contributed by atoms with Crippen molar-refractivity contribution in [2.45, 2.75) is 32.4 Å². The number of aromatic amines is 1. The molecule has 0 saturated carbocycles. The minimum Gasteiger partial charge on any atom is -0.493 e. The highest BCUT2D eigenvalue weighted by Gasteiger charge is 2.25. The molecule has 1 aliphatic heterocycles. The highest BCUT2D eigenvalue weighted by Crippen LogP contribution is 2.28. The first kappa shape index (κ1) is 21.9. The van der Waals surface area contributed by atoms with Gasteiger partial charge < -0.3 is 24.1 Å². The number of hydrogen-bond acceptors (Lipinski definition) is 5. The van der Waals surface area contributed by atoms with Crippen LogP contribution in [-0.2, 0) is 11.3 Å². The third-order valence-corrected chi connectivity index (χ3v) is 5.89. The Morgan fingerprint density at radius 3 is 2.69 bits per heavy atom. The van der Waals surface area contributed by atoms with Gasteiger partial charge in [-0.05, 0) is 55.0 Å². The third kappa shape index (κ3) is 4.48.